The van der Waals surface area contributed by atoms with Crippen molar-refractivity contribution in [2.24, 2.45) is 5.16 Å². The molecule has 5 N–H and O–H groups in total. The lowest BCUT2D eigenvalue weighted by molar-refractivity contribution is -0.150. The van der Waals surface area contributed by atoms with Gasteiger partial charge in [0.1, 0.15) is 24.2 Å². The first-order chi connectivity index (χ1) is 17.5. The number of aromatic nitrogens is 6. The van der Waals surface area contributed by atoms with E-state index >= 15 is 0 Å². The quantitative estimate of drug-likeness (QED) is 0.0752. The zero-order chi connectivity index (χ0) is 26.9. The van der Waals surface area contributed by atoms with Crippen LogP contribution < -0.4 is 11.1 Å². The first kappa shape index (κ1) is 26.7. The summed E-state index contributed by atoms with van der Waals surface area (Å²) in [5.74, 6) is -3.62. The van der Waals surface area contributed by atoms with Gasteiger partial charge < -0.3 is 21.0 Å². The summed E-state index contributed by atoms with van der Waals surface area (Å²) in [6.07, 6.45) is 0. The van der Waals surface area contributed by atoms with Gasteiger partial charge in [-0.25, -0.2) is 9.48 Å². The molecular weight excluding hydrogens is 576 g/mol. The van der Waals surface area contributed by atoms with Crippen LogP contribution in [0.5, 0.6) is 0 Å². The third kappa shape index (κ3) is 5.66. The molecule has 1 saturated heterocycles. The van der Waals surface area contributed by atoms with E-state index in [2.05, 4.69) is 40.2 Å². The van der Waals surface area contributed by atoms with Crippen LogP contribution in [-0.4, -0.2) is 106 Å². The van der Waals surface area contributed by atoms with Gasteiger partial charge in [0.15, 0.2) is 11.0 Å². The number of anilines is 1. The van der Waals surface area contributed by atoms with Crippen LogP contribution in [0.2, 0.25) is 0 Å². The summed E-state index contributed by atoms with van der Waals surface area (Å²) in [7, 11) is -3.20. The molecule has 4 heterocycles. The predicted octanol–water partition coefficient (Wildman–Crippen LogP) is -2.17. The van der Waals surface area contributed by atoms with Gasteiger partial charge >= 0.3 is 5.97 Å². The van der Waals surface area contributed by atoms with Crippen LogP contribution in [0.15, 0.2) is 21.6 Å². The van der Waals surface area contributed by atoms with Crippen molar-refractivity contribution < 1.29 is 37.3 Å². The van der Waals surface area contributed by atoms with Crippen LogP contribution >= 0.6 is 35.1 Å². The summed E-state index contributed by atoms with van der Waals surface area (Å²) in [6.45, 7) is 0. The number of nitrogens with one attached hydrogen (secondary N) is 1. The fourth-order valence-electron chi connectivity index (χ4n) is 3.30. The second-order valence-corrected chi connectivity index (χ2v) is 11.4. The highest BCUT2D eigenvalue weighted by Gasteiger charge is 2.54. The maximum Gasteiger partial charge on any atom is 0.352 e. The minimum Gasteiger partial charge on any atom is -0.477 e. The predicted molar refractivity (Wildman–Crippen MR) is 128 cm³/mol. The smallest absolute Gasteiger partial charge is 0.352 e. The van der Waals surface area contributed by atoms with Crippen LogP contribution in [0.3, 0.4) is 0 Å². The van der Waals surface area contributed by atoms with Crippen molar-refractivity contribution in [3.05, 3.63) is 17.1 Å². The molecule has 0 spiro atoms. The van der Waals surface area contributed by atoms with Crippen molar-refractivity contribution in [2.75, 3.05) is 24.3 Å². The third-order valence-corrected chi connectivity index (χ3v) is 8.24. The van der Waals surface area contributed by atoms with Gasteiger partial charge in [0.05, 0.1) is 0 Å². The lowest BCUT2D eigenvalue weighted by Crippen LogP contribution is -2.71. The number of nitrogen functional groups attached to an aromatic ring is 1. The van der Waals surface area contributed by atoms with Gasteiger partial charge in [0, 0.05) is 23.0 Å². The number of fused-ring (bicyclic) bond motifs is 1. The van der Waals surface area contributed by atoms with Gasteiger partial charge in [0.25, 0.3) is 21.9 Å². The molecule has 0 aromatic carbocycles. The van der Waals surface area contributed by atoms with Crippen molar-refractivity contribution in [3.8, 4) is 0 Å². The minimum absolute atomic E-state index is 0.00949. The van der Waals surface area contributed by atoms with Crippen molar-refractivity contribution in [1.82, 2.24) is 39.8 Å². The van der Waals surface area contributed by atoms with E-state index in [0.717, 1.165) is 32.9 Å². The van der Waals surface area contributed by atoms with Crippen LogP contribution in [0.4, 0.5) is 5.13 Å². The van der Waals surface area contributed by atoms with E-state index in [4.69, 9.17) is 10.3 Å². The average Bonchev–Trinajstić information content (AvgIpc) is 3.45. The van der Waals surface area contributed by atoms with E-state index in [0.29, 0.717) is 5.57 Å². The second kappa shape index (κ2) is 10.6. The molecule has 22 heteroatoms. The first-order valence-corrected chi connectivity index (χ1v) is 14.2. The summed E-state index contributed by atoms with van der Waals surface area (Å²) >= 11 is 2.98. The molecule has 2 aromatic rings. The Bertz CT molecular complexity index is 1420. The zero-order valence-corrected chi connectivity index (χ0v) is 21.7. The molecule has 37 heavy (non-hydrogen) atoms. The number of carbonyl (C=O) groups is 3. The van der Waals surface area contributed by atoms with Crippen LogP contribution in [0, 0.1) is 0 Å². The number of aliphatic carboxylic acids is 1. The molecule has 0 saturated carbocycles. The molecule has 2 aliphatic heterocycles. The van der Waals surface area contributed by atoms with Gasteiger partial charge in [-0.3, -0.25) is 19.0 Å². The minimum atomic E-state index is -4.41. The molecule has 0 radical (unpaired) electrons. The zero-order valence-electron chi connectivity index (χ0n) is 18.4. The Morgan fingerprint density at radius 1 is 1.41 bits per heavy atom. The molecule has 0 bridgehead atoms. The van der Waals surface area contributed by atoms with E-state index in [1.165, 1.54) is 18.9 Å². The third-order valence-electron chi connectivity index (χ3n) is 4.75. The normalized spacial score (nSPS) is 19.9. The summed E-state index contributed by atoms with van der Waals surface area (Å²) < 4.78 is 36.0. The van der Waals surface area contributed by atoms with Crippen LogP contribution in [0.25, 0.3) is 0 Å². The number of oxime groups is 1. The highest BCUT2D eigenvalue weighted by molar-refractivity contribution is 8.01. The standard InChI is InChI=1S/C15H16N10O8S4/c1-33-20-6(9-18-14(16)36-21-9)10(26)17-7-11(27)25-8(13(28)29)5(2-34-12(7)25)3-35-15-19-22-23-24(15)4-37(30,31)32/h7,12H,2-4H2,1H3,(H,17,26)(H,28,29)(H2,16,18,21)(H,30,31,32)/t7?,12-/m1/s1. The summed E-state index contributed by atoms with van der Waals surface area (Å²) in [5, 5.41) is 25.8. The van der Waals surface area contributed by atoms with Gasteiger partial charge in [-0.15, -0.1) is 16.9 Å². The van der Waals surface area contributed by atoms with Gasteiger partial charge in [-0.2, -0.15) is 17.8 Å². The summed E-state index contributed by atoms with van der Waals surface area (Å²) in [6, 6.07) is -1.05. The van der Waals surface area contributed by atoms with E-state index in [9.17, 15) is 27.9 Å². The molecule has 4 rings (SSSR count). The number of hydrogen-bond donors (Lipinski definition) is 4. The Balaban J connectivity index is 1.48. The SMILES string of the molecule is CON=C(C(=O)NC1C(=O)N2C(C(=O)O)=C(CSc3nnnn3CS(=O)(=O)O)CS[C@H]12)c1nsc(N)n1. The van der Waals surface area contributed by atoms with Crippen LogP contribution in [0.1, 0.15) is 5.82 Å². The maximum atomic E-state index is 12.9. The topological polar surface area (TPSA) is 258 Å². The van der Waals surface area contributed by atoms with Crippen molar-refractivity contribution in [1.29, 1.82) is 0 Å². The molecule has 1 unspecified atom stereocenters. The highest BCUT2D eigenvalue weighted by Crippen LogP contribution is 2.41. The Hall–Kier alpha value is -3.34. The Labute approximate surface area is 219 Å². The molecule has 1 fully saturated rings. The van der Waals surface area contributed by atoms with Crippen molar-refractivity contribution >= 4 is 73.8 Å². The molecular formula is C15H16N10O8S4. The molecule has 198 valence electrons. The first-order valence-electron chi connectivity index (χ1n) is 9.76. The number of carboxylic acid groups (broad SMARTS) is 1. The van der Waals surface area contributed by atoms with Crippen LogP contribution in [-0.2, 0) is 35.2 Å². The number of nitrogens with two attached hydrogens (primary N) is 1. The van der Waals surface area contributed by atoms with Gasteiger partial charge in [-0.1, -0.05) is 16.9 Å². The van der Waals surface area contributed by atoms with Gasteiger partial charge in [0.2, 0.25) is 16.7 Å². The van der Waals surface area contributed by atoms with Crippen molar-refractivity contribution in [3.63, 3.8) is 0 Å². The fourth-order valence-corrected chi connectivity index (χ4v) is 6.66. The number of hydrogen-bond acceptors (Lipinski definition) is 16. The largest absolute Gasteiger partial charge is 0.477 e. The molecule has 2 amide bonds. The van der Waals surface area contributed by atoms with E-state index < -0.39 is 45.2 Å². The number of β-lactam (4-membered cyclic amide) rings is 1. The maximum absolute atomic E-state index is 12.9. The Kier molecular flexibility index (Phi) is 7.63. The highest BCUT2D eigenvalue weighted by atomic mass is 32.2. The number of nitrogens with zero attached hydrogens (tertiary/aromatic N) is 8. The molecule has 2 atom stereocenters. The fraction of sp³-hybridized carbons (Fsp3) is 0.400. The number of carbonyl (C=O) groups excluding carboxylic acids is 2. The summed E-state index contributed by atoms with van der Waals surface area (Å²) in [4.78, 5) is 47.3. The summed E-state index contributed by atoms with van der Waals surface area (Å²) in [5.41, 5.74) is 5.33. The number of thioether (sulfide) groups is 2. The van der Waals surface area contributed by atoms with Crippen molar-refractivity contribution in [2.45, 2.75) is 22.4 Å². The number of rotatable bonds is 10. The molecule has 18 nitrogen and oxygen atoms in total. The van der Waals surface area contributed by atoms with E-state index in [-0.39, 0.29) is 39.0 Å². The molecule has 2 aromatic heterocycles. The average molecular weight is 593 g/mol. The monoisotopic (exact) mass is 592 g/mol. The van der Waals surface area contributed by atoms with Gasteiger partial charge in [-0.05, 0) is 16.0 Å². The number of carboxylic acids is 1. The molecule has 2 aliphatic rings. The number of amides is 2. The Morgan fingerprint density at radius 3 is 2.78 bits per heavy atom. The second-order valence-electron chi connectivity index (χ2n) is 7.16. The number of tetrazole rings is 1. The lowest BCUT2D eigenvalue weighted by atomic mass is 10.0. The van der Waals surface area contributed by atoms with E-state index in [1.807, 2.05) is 0 Å². The Morgan fingerprint density at radius 2 is 2.16 bits per heavy atom. The molecule has 0 aliphatic carbocycles. The lowest BCUT2D eigenvalue weighted by Gasteiger charge is -2.49. The van der Waals surface area contributed by atoms with E-state index in [1.54, 1.807) is 0 Å².